The molecular weight excluding hydrogens is 572 g/mol. The van der Waals surface area contributed by atoms with Gasteiger partial charge in [0.2, 0.25) is 11.8 Å². The van der Waals surface area contributed by atoms with Gasteiger partial charge in [-0.05, 0) is 106 Å². The van der Waals surface area contributed by atoms with Crippen molar-refractivity contribution in [2.24, 2.45) is 5.92 Å². The van der Waals surface area contributed by atoms with Gasteiger partial charge in [-0.15, -0.1) is 0 Å². The molecule has 44 heavy (non-hydrogen) atoms. The number of nitrogens with zero attached hydrogens (tertiary/aromatic N) is 1. The van der Waals surface area contributed by atoms with Crippen molar-refractivity contribution < 1.29 is 14.4 Å². The van der Waals surface area contributed by atoms with Crippen LogP contribution in [-0.2, 0) is 16.0 Å². The molecule has 2 aliphatic heterocycles. The quantitative estimate of drug-likeness (QED) is 0.287. The lowest BCUT2D eigenvalue weighted by atomic mass is 9.79. The Bertz CT molecular complexity index is 1280. The molecule has 0 aromatic heterocycles. The first-order valence-electron chi connectivity index (χ1n) is 16.8. The summed E-state index contributed by atoms with van der Waals surface area (Å²) in [5.41, 5.74) is 2.97. The third kappa shape index (κ3) is 8.02. The van der Waals surface area contributed by atoms with Crippen molar-refractivity contribution in [3.63, 3.8) is 0 Å². The van der Waals surface area contributed by atoms with E-state index in [0.717, 1.165) is 58.0 Å². The maximum atomic E-state index is 13.8. The van der Waals surface area contributed by atoms with Gasteiger partial charge in [0.15, 0.2) is 0 Å². The first-order valence-corrected chi connectivity index (χ1v) is 17.2. The average molecular weight is 621 g/mol. The Labute approximate surface area is 267 Å². The molecule has 1 aliphatic carbocycles. The minimum atomic E-state index is -0.692. The number of amides is 3. The highest BCUT2D eigenvalue weighted by Gasteiger charge is 2.45. The van der Waals surface area contributed by atoms with E-state index in [4.69, 9.17) is 11.6 Å². The molecule has 1 saturated carbocycles. The van der Waals surface area contributed by atoms with Crippen LogP contribution in [0.3, 0.4) is 0 Å². The fourth-order valence-electron chi connectivity index (χ4n) is 7.54. The van der Waals surface area contributed by atoms with Gasteiger partial charge in [-0.2, -0.15) is 0 Å². The van der Waals surface area contributed by atoms with Crippen LogP contribution in [0.15, 0.2) is 48.5 Å². The van der Waals surface area contributed by atoms with Gasteiger partial charge in [0.05, 0.1) is 0 Å². The van der Waals surface area contributed by atoms with Crippen molar-refractivity contribution >= 4 is 29.3 Å². The summed E-state index contributed by atoms with van der Waals surface area (Å²) in [6.45, 7) is 6.29. The molecule has 5 rings (SSSR count). The van der Waals surface area contributed by atoms with Crippen LogP contribution in [0.4, 0.5) is 0 Å². The lowest BCUT2D eigenvalue weighted by molar-refractivity contribution is -0.136. The lowest BCUT2D eigenvalue weighted by Crippen LogP contribution is -2.53. The van der Waals surface area contributed by atoms with E-state index in [0.29, 0.717) is 29.3 Å². The average Bonchev–Trinajstić information content (AvgIpc) is 3.31. The van der Waals surface area contributed by atoms with E-state index in [1.54, 1.807) is 0 Å². The number of nitrogens with one attached hydrogen (secondary N) is 3. The van der Waals surface area contributed by atoms with E-state index in [-0.39, 0.29) is 35.7 Å². The highest BCUT2D eigenvalue weighted by Crippen LogP contribution is 2.40. The minimum absolute atomic E-state index is 0.0182. The molecular formula is C36H49ClN4O3. The highest BCUT2D eigenvalue weighted by atomic mass is 35.5. The van der Waals surface area contributed by atoms with Crippen LogP contribution in [0.5, 0.6) is 0 Å². The number of benzene rings is 2. The Hall–Kier alpha value is -2.90. The van der Waals surface area contributed by atoms with E-state index in [1.165, 1.54) is 24.0 Å². The van der Waals surface area contributed by atoms with Gasteiger partial charge in [-0.3, -0.25) is 14.4 Å². The van der Waals surface area contributed by atoms with Crippen LogP contribution in [0.2, 0.25) is 5.02 Å². The number of piperidine rings is 1. The number of carbonyl (C=O) groups is 3. The first-order chi connectivity index (χ1) is 21.3. The number of hydrogen-bond donors (Lipinski definition) is 3. The van der Waals surface area contributed by atoms with E-state index >= 15 is 0 Å². The van der Waals surface area contributed by atoms with Gasteiger partial charge in [0, 0.05) is 28.6 Å². The van der Waals surface area contributed by atoms with Gasteiger partial charge < -0.3 is 20.9 Å². The molecule has 5 atom stereocenters. The second-order valence-corrected chi connectivity index (χ2v) is 13.6. The molecule has 238 valence electrons. The molecule has 3 unspecified atom stereocenters. The van der Waals surface area contributed by atoms with Crippen molar-refractivity contribution in [1.29, 1.82) is 0 Å². The molecule has 0 spiro atoms. The Morgan fingerprint density at radius 3 is 2.52 bits per heavy atom. The summed E-state index contributed by atoms with van der Waals surface area (Å²) in [5, 5.41) is 10.1. The molecule has 3 amide bonds. The molecule has 7 nitrogen and oxygen atoms in total. The smallest absolute Gasteiger partial charge is 0.251 e. The Morgan fingerprint density at radius 2 is 1.80 bits per heavy atom. The van der Waals surface area contributed by atoms with Crippen LogP contribution < -0.4 is 16.0 Å². The third-order valence-corrected chi connectivity index (χ3v) is 10.2. The van der Waals surface area contributed by atoms with Gasteiger partial charge in [-0.25, -0.2) is 0 Å². The number of likely N-dealkylation sites (tertiary alicyclic amines) is 1. The monoisotopic (exact) mass is 620 g/mol. The van der Waals surface area contributed by atoms with Gasteiger partial charge in [0.1, 0.15) is 12.1 Å². The molecule has 0 radical (unpaired) electrons. The van der Waals surface area contributed by atoms with Crippen LogP contribution in [0.25, 0.3) is 0 Å². The SMILES string of the molecule is CCCCC(NC(=O)c1ccc(CC2CCNCC2)cc1)C(=O)N[C@H]1CC(C)N([C@@H]2CCCCC2c2cccc(Cl)c2)C1=O. The number of halogens is 1. The molecule has 2 aromatic carbocycles. The largest absolute Gasteiger partial charge is 0.342 e. The zero-order valence-electron chi connectivity index (χ0n) is 26.3. The summed E-state index contributed by atoms with van der Waals surface area (Å²) in [7, 11) is 0. The molecule has 2 aromatic rings. The van der Waals surface area contributed by atoms with Gasteiger partial charge in [0.25, 0.3) is 5.91 Å². The summed E-state index contributed by atoms with van der Waals surface area (Å²) in [6.07, 6.45) is 10.4. The second kappa shape index (κ2) is 15.4. The van der Waals surface area contributed by atoms with Crippen LogP contribution in [0.1, 0.15) is 105 Å². The topological polar surface area (TPSA) is 90.5 Å². The van der Waals surface area contributed by atoms with Crippen LogP contribution in [0, 0.1) is 5.92 Å². The number of unbranched alkanes of at least 4 members (excludes halogenated alkanes) is 1. The van der Waals surface area contributed by atoms with E-state index in [1.807, 2.05) is 47.4 Å². The van der Waals surface area contributed by atoms with E-state index < -0.39 is 12.1 Å². The lowest BCUT2D eigenvalue weighted by Gasteiger charge is -2.40. The summed E-state index contributed by atoms with van der Waals surface area (Å²) >= 11 is 6.33. The van der Waals surface area contributed by atoms with Gasteiger partial charge in [-0.1, -0.05) is 68.5 Å². The van der Waals surface area contributed by atoms with Crippen molar-refractivity contribution in [3.05, 3.63) is 70.2 Å². The molecule has 8 heteroatoms. The van der Waals surface area contributed by atoms with Crippen LogP contribution >= 0.6 is 11.6 Å². The highest BCUT2D eigenvalue weighted by molar-refractivity contribution is 6.30. The number of rotatable bonds is 11. The molecule has 3 N–H and O–H groups in total. The zero-order valence-corrected chi connectivity index (χ0v) is 27.1. The van der Waals surface area contributed by atoms with Crippen molar-refractivity contribution in [3.8, 4) is 0 Å². The summed E-state index contributed by atoms with van der Waals surface area (Å²) in [6, 6.07) is 14.6. The van der Waals surface area contributed by atoms with Crippen molar-refractivity contribution in [2.75, 3.05) is 13.1 Å². The molecule has 3 fully saturated rings. The Morgan fingerprint density at radius 1 is 1.05 bits per heavy atom. The molecule has 2 heterocycles. The minimum Gasteiger partial charge on any atom is -0.342 e. The summed E-state index contributed by atoms with van der Waals surface area (Å²) in [5.74, 6) is 0.349. The number of hydrogen-bond acceptors (Lipinski definition) is 4. The van der Waals surface area contributed by atoms with Crippen LogP contribution in [-0.4, -0.2) is 59.9 Å². The Balaban J connectivity index is 1.22. The van der Waals surface area contributed by atoms with Crippen molar-refractivity contribution in [2.45, 2.75) is 115 Å². The fourth-order valence-corrected chi connectivity index (χ4v) is 7.73. The number of carbonyl (C=O) groups excluding carboxylic acids is 3. The van der Waals surface area contributed by atoms with Gasteiger partial charge >= 0.3 is 0 Å². The maximum absolute atomic E-state index is 13.8. The molecule has 3 aliphatic rings. The maximum Gasteiger partial charge on any atom is 0.251 e. The predicted molar refractivity (Wildman–Crippen MR) is 176 cm³/mol. The third-order valence-electron chi connectivity index (χ3n) is 9.95. The molecule has 0 bridgehead atoms. The summed E-state index contributed by atoms with van der Waals surface area (Å²) in [4.78, 5) is 42.7. The van der Waals surface area contributed by atoms with E-state index in [2.05, 4.69) is 35.9 Å². The predicted octanol–water partition coefficient (Wildman–Crippen LogP) is 6.00. The first kappa shape index (κ1) is 32.5. The zero-order chi connectivity index (χ0) is 31.1. The Kier molecular flexibility index (Phi) is 11.4. The van der Waals surface area contributed by atoms with E-state index in [9.17, 15) is 14.4 Å². The summed E-state index contributed by atoms with van der Waals surface area (Å²) < 4.78 is 0. The normalized spacial score (nSPS) is 25.1. The standard InChI is InChI=1S/C36H49ClN4O3/c1-3-4-11-31(39-34(42)27-15-13-25(14-16-27)22-26-17-19-38-20-18-26)35(43)40-32-21-24(2)41(36(32)44)33-12-6-5-10-30(33)28-8-7-9-29(37)23-28/h7-9,13-16,23-24,26,30-33,38H,3-6,10-12,17-22H2,1-2H3,(H,39,42)(H,40,43)/t24?,30?,31?,32-,33+/m0/s1. The second-order valence-electron chi connectivity index (χ2n) is 13.2. The fraction of sp³-hybridized carbons (Fsp3) is 0.583. The van der Waals surface area contributed by atoms with Crippen molar-refractivity contribution in [1.82, 2.24) is 20.9 Å². The molecule has 2 saturated heterocycles.